The molecule has 110 valence electrons. The Labute approximate surface area is 125 Å². The van der Waals surface area contributed by atoms with Crippen molar-refractivity contribution in [2.24, 2.45) is 0 Å². The van der Waals surface area contributed by atoms with Crippen LogP contribution in [0.1, 0.15) is 18.4 Å². The van der Waals surface area contributed by atoms with Crippen molar-refractivity contribution in [3.8, 4) is 0 Å². The minimum atomic E-state index is -3.54. The fraction of sp³-hybridized carbons (Fsp3) is 0.545. The van der Waals surface area contributed by atoms with Gasteiger partial charge in [0, 0.05) is 31.4 Å². The van der Waals surface area contributed by atoms with E-state index in [1.165, 1.54) is 0 Å². The summed E-state index contributed by atoms with van der Waals surface area (Å²) < 4.78 is 17.1. The van der Waals surface area contributed by atoms with Gasteiger partial charge in [-0.2, -0.15) is 0 Å². The molecule has 0 amide bonds. The van der Waals surface area contributed by atoms with Crippen LogP contribution >= 0.6 is 32.4 Å². The Hall–Kier alpha value is -0.160. The predicted molar refractivity (Wildman–Crippen MR) is 79.6 cm³/mol. The van der Waals surface area contributed by atoms with Crippen molar-refractivity contribution in [2.75, 3.05) is 19.7 Å². The molecule has 5 nitrogen and oxygen atoms in total. The van der Waals surface area contributed by atoms with Gasteiger partial charge in [-0.25, -0.2) is 0 Å². The van der Waals surface area contributed by atoms with Crippen LogP contribution in [-0.4, -0.2) is 35.2 Å². The van der Waals surface area contributed by atoms with Gasteiger partial charge in [-0.1, -0.05) is 0 Å². The number of nitrogens with one attached hydrogen (secondary N) is 1. The maximum atomic E-state index is 12.1. The lowest BCUT2D eigenvalue weighted by atomic mass is 9.99. The van der Waals surface area contributed by atoms with Gasteiger partial charge in [-0.3, -0.25) is 9.55 Å². The molecule has 1 aliphatic rings. The number of halogens is 2. The van der Waals surface area contributed by atoms with Gasteiger partial charge >= 0.3 is 7.60 Å². The van der Waals surface area contributed by atoms with Crippen LogP contribution in [0.2, 0.25) is 0 Å². The molecule has 0 aromatic carbocycles. The molecule has 2 rings (SSSR count). The van der Waals surface area contributed by atoms with E-state index in [1.807, 2.05) is 12.1 Å². The van der Waals surface area contributed by atoms with Gasteiger partial charge in [0.2, 0.25) is 0 Å². The molecule has 1 fully saturated rings. The summed E-state index contributed by atoms with van der Waals surface area (Å²) in [5.74, 6) is 0.0142. The largest absolute Gasteiger partial charge is 0.333 e. The molecule has 0 aliphatic carbocycles. The van der Waals surface area contributed by atoms with Crippen LogP contribution in [0, 0.1) is 0 Å². The lowest BCUT2D eigenvalue weighted by molar-refractivity contribution is 0.263. The molecule has 1 aromatic rings. The number of hydrogen-bond donors (Lipinski definition) is 2. The van der Waals surface area contributed by atoms with Crippen LogP contribution in [0.15, 0.2) is 24.5 Å². The van der Waals surface area contributed by atoms with Crippen molar-refractivity contribution in [1.29, 1.82) is 0 Å². The summed E-state index contributed by atoms with van der Waals surface area (Å²) >= 11 is 0. The highest BCUT2D eigenvalue weighted by Gasteiger charge is 2.42. The van der Waals surface area contributed by atoms with E-state index in [4.69, 9.17) is 4.52 Å². The highest BCUT2D eigenvalue weighted by molar-refractivity contribution is 7.53. The Morgan fingerprint density at radius 2 is 2.05 bits per heavy atom. The Morgan fingerprint density at radius 1 is 1.42 bits per heavy atom. The smallest absolute Gasteiger partial charge is 0.324 e. The standard InChI is InChI=1S/C11H17N2O3P.2ClH/c1-2-16-17(14,15)11-8-13-7-10(11)9-3-5-12-6-4-9;;/h3-6,10-11,13H,2,7-8H2,1H3,(H,14,15);2*1H. The minimum Gasteiger partial charge on any atom is -0.324 e. The zero-order chi connectivity index (χ0) is 12.3. The number of nitrogens with zero attached hydrogens (tertiary/aromatic N) is 1. The van der Waals surface area contributed by atoms with E-state index in [-0.39, 0.29) is 43.0 Å². The first-order chi connectivity index (χ1) is 8.15. The van der Waals surface area contributed by atoms with E-state index in [2.05, 4.69) is 10.3 Å². The van der Waals surface area contributed by atoms with Gasteiger partial charge in [0.05, 0.1) is 12.3 Å². The summed E-state index contributed by atoms with van der Waals surface area (Å²) in [5.41, 5.74) is 0.661. The topological polar surface area (TPSA) is 71.5 Å². The van der Waals surface area contributed by atoms with Gasteiger partial charge in [-0.05, 0) is 24.6 Å². The van der Waals surface area contributed by atoms with Crippen molar-refractivity contribution in [1.82, 2.24) is 10.3 Å². The van der Waals surface area contributed by atoms with Crippen molar-refractivity contribution >= 4 is 32.4 Å². The molecule has 19 heavy (non-hydrogen) atoms. The quantitative estimate of drug-likeness (QED) is 0.829. The average Bonchev–Trinajstić information content (AvgIpc) is 2.79. The predicted octanol–water partition coefficient (Wildman–Crippen LogP) is 2.20. The van der Waals surface area contributed by atoms with Gasteiger partial charge in [0.15, 0.2) is 0 Å². The molecule has 0 saturated carbocycles. The normalized spacial score (nSPS) is 24.9. The van der Waals surface area contributed by atoms with E-state index >= 15 is 0 Å². The van der Waals surface area contributed by atoms with E-state index in [9.17, 15) is 9.46 Å². The summed E-state index contributed by atoms with van der Waals surface area (Å²) in [7, 11) is -3.54. The average molecular weight is 329 g/mol. The van der Waals surface area contributed by atoms with Crippen LogP contribution in [0.5, 0.6) is 0 Å². The highest BCUT2D eigenvalue weighted by atomic mass is 35.5. The molecule has 2 N–H and O–H groups in total. The Kier molecular flexibility index (Phi) is 8.13. The Morgan fingerprint density at radius 3 is 2.63 bits per heavy atom. The lowest BCUT2D eigenvalue weighted by Gasteiger charge is -2.23. The number of rotatable bonds is 4. The Balaban J connectivity index is 0.00000162. The fourth-order valence-electron chi connectivity index (χ4n) is 2.24. The second-order valence-corrected chi connectivity index (χ2v) is 6.14. The highest BCUT2D eigenvalue weighted by Crippen LogP contribution is 2.53. The molecule has 3 unspecified atom stereocenters. The third-order valence-electron chi connectivity index (χ3n) is 3.05. The third-order valence-corrected chi connectivity index (χ3v) is 5.06. The second-order valence-electron chi connectivity index (χ2n) is 4.09. The first-order valence-electron chi connectivity index (χ1n) is 5.73. The van der Waals surface area contributed by atoms with Crippen LogP contribution < -0.4 is 5.32 Å². The molecular formula is C11H19Cl2N2O3P. The SMILES string of the molecule is CCOP(=O)(O)C1CNCC1c1ccncc1.Cl.Cl. The summed E-state index contributed by atoms with van der Waals surface area (Å²) in [6.45, 7) is 3.20. The molecule has 1 aromatic heterocycles. The van der Waals surface area contributed by atoms with Crippen LogP contribution in [-0.2, 0) is 9.09 Å². The minimum absolute atomic E-state index is 0. The first-order valence-corrected chi connectivity index (χ1v) is 7.37. The summed E-state index contributed by atoms with van der Waals surface area (Å²) in [6, 6.07) is 3.77. The van der Waals surface area contributed by atoms with Gasteiger partial charge in [-0.15, -0.1) is 24.8 Å². The number of aromatic nitrogens is 1. The molecule has 1 aliphatic heterocycles. The molecule has 1 saturated heterocycles. The summed E-state index contributed by atoms with van der Waals surface area (Å²) in [5, 5.41) is 3.15. The number of hydrogen-bond acceptors (Lipinski definition) is 4. The van der Waals surface area contributed by atoms with Crippen LogP contribution in [0.25, 0.3) is 0 Å². The number of pyridine rings is 1. The zero-order valence-electron chi connectivity index (χ0n) is 10.6. The molecule has 3 atom stereocenters. The monoisotopic (exact) mass is 328 g/mol. The van der Waals surface area contributed by atoms with Crippen molar-refractivity contribution in [2.45, 2.75) is 18.5 Å². The van der Waals surface area contributed by atoms with E-state index in [0.717, 1.165) is 5.56 Å². The maximum Gasteiger partial charge on any atom is 0.333 e. The molecule has 2 heterocycles. The fourth-order valence-corrected chi connectivity index (χ4v) is 3.89. The molecule has 0 radical (unpaired) electrons. The molecule has 0 bridgehead atoms. The van der Waals surface area contributed by atoms with Crippen LogP contribution in [0.4, 0.5) is 0 Å². The molecule has 0 spiro atoms. The van der Waals surface area contributed by atoms with Gasteiger partial charge in [0.1, 0.15) is 0 Å². The molecule has 8 heteroatoms. The zero-order valence-corrected chi connectivity index (χ0v) is 13.1. The van der Waals surface area contributed by atoms with Gasteiger partial charge < -0.3 is 14.7 Å². The van der Waals surface area contributed by atoms with Gasteiger partial charge in [0.25, 0.3) is 0 Å². The summed E-state index contributed by atoms with van der Waals surface area (Å²) in [4.78, 5) is 13.9. The van der Waals surface area contributed by atoms with Crippen molar-refractivity contribution in [3.63, 3.8) is 0 Å². The molecular weight excluding hydrogens is 310 g/mol. The van der Waals surface area contributed by atoms with E-state index < -0.39 is 7.60 Å². The van der Waals surface area contributed by atoms with Crippen molar-refractivity contribution < 1.29 is 14.0 Å². The van der Waals surface area contributed by atoms with E-state index in [0.29, 0.717) is 13.1 Å². The van der Waals surface area contributed by atoms with Crippen molar-refractivity contribution in [3.05, 3.63) is 30.1 Å². The summed E-state index contributed by atoms with van der Waals surface area (Å²) in [6.07, 6.45) is 3.40. The maximum absolute atomic E-state index is 12.1. The second kappa shape index (κ2) is 8.20. The lowest BCUT2D eigenvalue weighted by Crippen LogP contribution is -2.19. The van der Waals surface area contributed by atoms with Crippen LogP contribution in [0.3, 0.4) is 0 Å². The third kappa shape index (κ3) is 4.42. The van der Waals surface area contributed by atoms with E-state index in [1.54, 1.807) is 19.3 Å². The first kappa shape index (κ1) is 18.8. The Bertz CT molecular complexity index is 422.